The van der Waals surface area contributed by atoms with Gasteiger partial charge in [-0.05, 0) is 34.1 Å². The number of aromatic nitrogens is 1. The summed E-state index contributed by atoms with van der Waals surface area (Å²) in [4.78, 5) is 11.4. The molecule has 0 spiro atoms. The summed E-state index contributed by atoms with van der Waals surface area (Å²) in [6.45, 7) is 1.10. The third kappa shape index (κ3) is 3.84. The molecule has 0 radical (unpaired) electrons. The molecule has 0 unspecified atom stereocenters. The van der Waals surface area contributed by atoms with Crippen LogP contribution in [0.2, 0.25) is 0 Å². The average molecular weight is 388 g/mol. The van der Waals surface area contributed by atoms with Crippen molar-refractivity contribution in [1.82, 2.24) is 4.57 Å². The average Bonchev–Trinajstić information content (AvgIpc) is 2.36. The van der Waals surface area contributed by atoms with Gasteiger partial charge in [-0.2, -0.15) is 0 Å². The van der Waals surface area contributed by atoms with Crippen molar-refractivity contribution in [1.29, 1.82) is 0 Å². The Labute approximate surface area is 127 Å². The van der Waals surface area contributed by atoms with Gasteiger partial charge in [-0.3, -0.25) is 4.79 Å². The van der Waals surface area contributed by atoms with Gasteiger partial charge in [0.25, 0.3) is 0 Å². The summed E-state index contributed by atoms with van der Waals surface area (Å²) in [5.41, 5.74) is 5.64. The Hall–Kier alpha value is -1.27. The van der Waals surface area contributed by atoms with Crippen molar-refractivity contribution < 1.29 is 4.74 Å². The molecule has 0 fully saturated rings. The van der Waals surface area contributed by atoms with Crippen LogP contribution in [0.4, 0.5) is 5.69 Å². The Balaban J connectivity index is 1.98. The van der Waals surface area contributed by atoms with E-state index in [0.29, 0.717) is 17.6 Å². The second kappa shape index (κ2) is 6.25. The fraction of sp³-hybridized carbons (Fsp3) is 0.154. The monoisotopic (exact) mass is 386 g/mol. The van der Waals surface area contributed by atoms with Crippen LogP contribution in [-0.2, 0) is 6.54 Å². The Kier molecular flexibility index (Phi) is 4.66. The fourth-order valence-electron chi connectivity index (χ4n) is 1.57. The third-order valence-electron chi connectivity index (χ3n) is 2.48. The lowest BCUT2D eigenvalue weighted by molar-refractivity contribution is 0.298. The van der Waals surface area contributed by atoms with Gasteiger partial charge < -0.3 is 15.0 Å². The highest BCUT2D eigenvalue weighted by Gasteiger charge is 2.02. The smallest absolute Gasteiger partial charge is 0.218 e. The van der Waals surface area contributed by atoms with Crippen molar-refractivity contribution in [2.75, 3.05) is 12.3 Å². The molecule has 0 aliphatic heterocycles. The van der Waals surface area contributed by atoms with Crippen molar-refractivity contribution in [3.05, 3.63) is 55.8 Å². The van der Waals surface area contributed by atoms with E-state index in [0.717, 1.165) is 10.2 Å². The number of ether oxygens (including phenoxy) is 1. The number of pyridine rings is 1. The SMILES string of the molecule is Nc1cn(CCOc2cccc(Br)c2)cc(Br)c1=O. The van der Waals surface area contributed by atoms with Gasteiger partial charge in [-0.25, -0.2) is 0 Å². The van der Waals surface area contributed by atoms with Gasteiger partial charge in [0, 0.05) is 16.9 Å². The first kappa shape index (κ1) is 14.1. The number of benzene rings is 1. The standard InChI is InChI=1S/C13H12Br2N2O2/c14-9-2-1-3-10(6-9)19-5-4-17-7-11(15)13(18)12(16)8-17/h1-3,6-8H,4-5,16H2. The predicted octanol–water partition coefficient (Wildman–Crippen LogP) is 3.03. The van der Waals surface area contributed by atoms with Gasteiger partial charge in [0.15, 0.2) is 0 Å². The number of nitrogens with two attached hydrogens (primary N) is 1. The van der Waals surface area contributed by atoms with E-state index >= 15 is 0 Å². The highest BCUT2D eigenvalue weighted by Crippen LogP contribution is 2.17. The molecule has 6 heteroatoms. The number of nitrogen functional groups attached to an aromatic ring is 1. The van der Waals surface area contributed by atoms with Gasteiger partial charge in [0.1, 0.15) is 12.4 Å². The quantitative estimate of drug-likeness (QED) is 0.877. The summed E-state index contributed by atoms with van der Waals surface area (Å²) in [5, 5.41) is 0. The number of anilines is 1. The second-order valence-electron chi connectivity index (χ2n) is 3.93. The van der Waals surface area contributed by atoms with E-state index in [2.05, 4.69) is 31.9 Å². The highest BCUT2D eigenvalue weighted by molar-refractivity contribution is 9.10. The number of hydrogen-bond acceptors (Lipinski definition) is 3. The van der Waals surface area contributed by atoms with Gasteiger partial charge in [-0.1, -0.05) is 22.0 Å². The summed E-state index contributed by atoms with van der Waals surface area (Å²) in [6.07, 6.45) is 3.31. The summed E-state index contributed by atoms with van der Waals surface area (Å²) < 4.78 is 8.86. The molecule has 2 N–H and O–H groups in total. The zero-order chi connectivity index (χ0) is 13.8. The first-order valence-electron chi connectivity index (χ1n) is 5.59. The van der Waals surface area contributed by atoms with Crippen molar-refractivity contribution >= 4 is 37.5 Å². The van der Waals surface area contributed by atoms with Gasteiger partial charge in [-0.15, -0.1) is 0 Å². The number of halogens is 2. The minimum Gasteiger partial charge on any atom is -0.492 e. The van der Waals surface area contributed by atoms with Crippen LogP contribution in [0.5, 0.6) is 5.75 Å². The maximum atomic E-state index is 11.4. The minimum absolute atomic E-state index is 0.191. The summed E-state index contributed by atoms with van der Waals surface area (Å²) >= 11 is 6.57. The molecule has 2 aromatic rings. The van der Waals surface area contributed by atoms with Crippen LogP contribution in [0.15, 0.2) is 50.4 Å². The molecule has 2 rings (SSSR count). The maximum Gasteiger partial charge on any atom is 0.218 e. The molecule has 0 aliphatic carbocycles. The van der Waals surface area contributed by atoms with Crippen molar-refractivity contribution in [3.63, 3.8) is 0 Å². The molecular formula is C13H12Br2N2O2. The molecule has 0 bridgehead atoms. The lowest BCUT2D eigenvalue weighted by Gasteiger charge is -2.10. The molecule has 0 atom stereocenters. The first-order valence-corrected chi connectivity index (χ1v) is 7.18. The van der Waals surface area contributed by atoms with Gasteiger partial charge >= 0.3 is 0 Å². The Morgan fingerprint density at radius 2 is 2.05 bits per heavy atom. The molecular weight excluding hydrogens is 376 g/mol. The van der Waals surface area contributed by atoms with Crippen LogP contribution in [-0.4, -0.2) is 11.2 Å². The molecule has 4 nitrogen and oxygen atoms in total. The van der Waals surface area contributed by atoms with E-state index in [1.165, 1.54) is 0 Å². The Bertz CT molecular complexity index is 615. The second-order valence-corrected chi connectivity index (χ2v) is 5.70. The van der Waals surface area contributed by atoms with Gasteiger partial charge in [0.2, 0.25) is 5.43 Å². The van der Waals surface area contributed by atoms with Crippen LogP contribution in [0, 0.1) is 0 Å². The number of rotatable bonds is 4. The Morgan fingerprint density at radius 3 is 2.74 bits per heavy atom. The molecule has 0 amide bonds. The maximum absolute atomic E-state index is 11.4. The van der Waals surface area contributed by atoms with Crippen LogP contribution in [0.1, 0.15) is 0 Å². The van der Waals surface area contributed by atoms with E-state index in [9.17, 15) is 4.79 Å². The van der Waals surface area contributed by atoms with Crippen LogP contribution in [0.3, 0.4) is 0 Å². The molecule has 1 aromatic carbocycles. The summed E-state index contributed by atoms with van der Waals surface area (Å²) in [5.74, 6) is 0.794. The normalized spacial score (nSPS) is 10.4. The summed E-state index contributed by atoms with van der Waals surface area (Å²) in [7, 11) is 0. The van der Waals surface area contributed by atoms with Crippen LogP contribution < -0.4 is 15.9 Å². The van der Waals surface area contributed by atoms with E-state index in [4.69, 9.17) is 10.5 Å². The van der Waals surface area contributed by atoms with Crippen LogP contribution in [0.25, 0.3) is 0 Å². The molecule has 1 heterocycles. The van der Waals surface area contributed by atoms with Crippen molar-refractivity contribution in [2.45, 2.75) is 6.54 Å². The lowest BCUT2D eigenvalue weighted by atomic mass is 10.3. The predicted molar refractivity (Wildman–Crippen MR) is 82.5 cm³/mol. The van der Waals surface area contributed by atoms with E-state index in [1.54, 1.807) is 12.4 Å². The first-order chi connectivity index (χ1) is 9.06. The molecule has 0 saturated carbocycles. The topological polar surface area (TPSA) is 57.2 Å². The van der Waals surface area contributed by atoms with Crippen molar-refractivity contribution in [3.8, 4) is 5.75 Å². The minimum atomic E-state index is -0.191. The highest BCUT2D eigenvalue weighted by atomic mass is 79.9. The largest absolute Gasteiger partial charge is 0.492 e. The van der Waals surface area contributed by atoms with E-state index in [-0.39, 0.29) is 11.1 Å². The zero-order valence-corrected chi connectivity index (χ0v) is 13.1. The van der Waals surface area contributed by atoms with E-state index < -0.39 is 0 Å². The molecule has 0 saturated heterocycles. The number of nitrogens with zero attached hydrogens (tertiary/aromatic N) is 1. The molecule has 1 aromatic heterocycles. The summed E-state index contributed by atoms with van der Waals surface area (Å²) in [6, 6.07) is 7.63. The van der Waals surface area contributed by atoms with Crippen LogP contribution >= 0.6 is 31.9 Å². The fourth-order valence-corrected chi connectivity index (χ4v) is 2.44. The molecule has 100 valence electrons. The number of hydrogen-bond donors (Lipinski definition) is 1. The van der Waals surface area contributed by atoms with E-state index in [1.807, 2.05) is 28.8 Å². The van der Waals surface area contributed by atoms with Crippen molar-refractivity contribution in [2.24, 2.45) is 0 Å². The molecule has 0 aliphatic rings. The lowest BCUT2D eigenvalue weighted by Crippen LogP contribution is -2.15. The van der Waals surface area contributed by atoms with Gasteiger partial charge in [0.05, 0.1) is 16.7 Å². The third-order valence-corrected chi connectivity index (χ3v) is 3.54. The molecule has 19 heavy (non-hydrogen) atoms. The Morgan fingerprint density at radius 1 is 1.26 bits per heavy atom. The zero-order valence-electron chi connectivity index (χ0n) is 9.98.